The van der Waals surface area contributed by atoms with Gasteiger partial charge in [0.05, 0.1) is 0 Å². The number of hydrogen-bond donors (Lipinski definition) is 2. The highest BCUT2D eigenvalue weighted by Crippen LogP contribution is 2.15. The van der Waals surface area contributed by atoms with E-state index in [1.807, 2.05) is 4.90 Å². The van der Waals surface area contributed by atoms with Crippen molar-refractivity contribution in [1.82, 2.24) is 20.4 Å². The molecule has 0 radical (unpaired) electrons. The van der Waals surface area contributed by atoms with Gasteiger partial charge in [-0.3, -0.25) is 9.59 Å². The Morgan fingerprint density at radius 3 is 2.74 bits per heavy atom. The van der Waals surface area contributed by atoms with Gasteiger partial charge in [0.15, 0.2) is 0 Å². The van der Waals surface area contributed by atoms with Crippen LogP contribution in [0.15, 0.2) is 16.9 Å². The van der Waals surface area contributed by atoms with Crippen LogP contribution < -0.4 is 10.9 Å². The Bertz CT molecular complexity index is 459. The summed E-state index contributed by atoms with van der Waals surface area (Å²) in [7, 11) is 0. The number of nitrogens with one attached hydrogen (secondary N) is 2. The molecule has 1 saturated heterocycles. The molecule has 2 rings (SSSR count). The van der Waals surface area contributed by atoms with Crippen LogP contribution in [-0.2, 0) is 0 Å². The topological polar surface area (TPSA) is 78.1 Å². The maximum absolute atomic E-state index is 12.5. The first-order valence-electron chi connectivity index (χ1n) is 6.79. The zero-order valence-electron chi connectivity index (χ0n) is 11.2. The SMILES string of the molecule is CCCN(C(=O)c1ccc(=O)[nH]n1)C1CCNCC1. The zero-order chi connectivity index (χ0) is 13.7. The van der Waals surface area contributed by atoms with Gasteiger partial charge in [0.2, 0.25) is 0 Å². The second-order valence-corrected chi connectivity index (χ2v) is 4.79. The lowest BCUT2D eigenvalue weighted by Gasteiger charge is -2.34. The number of rotatable bonds is 4. The van der Waals surface area contributed by atoms with E-state index in [0.717, 1.165) is 38.9 Å². The predicted octanol–water partition coefficient (Wildman–Crippen LogP) is 0.374. The molecule has 104 valence electrons. The lowest BCUT2D eigenvalue weighted by Crippen LogP contribution is -2.46. The van der Waals surface area contributed by atoms with Crippen molar-refractivity contribution in [3.63, 3.8) is 0 Å². The molecule has 1 amide bonds. The van der Waals surface area contributed by atoms with Crippen LogP contribution in [0, 0.1) is 0 Å². The van der Waals surface area contributed by atoms with Crippen molar-refractivity contribution in [3.8, 4) is 0 Å². The number of carbonyl (C=O) groups is 1. The van der Waals surface area contributed by atoms with Crippen molar-refractivity contribution in [2.75, 3.05) is 19.6 Å². The fourth-order valence-electron chi connectivity index (χ4n) is 2.42. The first-order chi connectivity index (χ1) is 9.22. The highest BCUT2D eigenvalue weighted by Gasteiger charge is 2.26. The van der Waals surface area contributed by atoms with Crippen LogP contribution in [0.1, 0.15) is 36.7 Å². The molecular weight excluding hydrogens is 244 g/mol. The van der Waals surface area contributed by atoms with Gasteiger partial charge in [0.25, 0.3) is 11.5 Å². The number of piperidine rings is 1. The van der Waals surface area contributed by atoms with Crippen LogP contribution in [0.2, 0.25) is 0 Å². The van der Waals surface area contributed by atoms with E-state index in [-0.39, 0.29) is 17.5 Å². The number of carbonyl (C=O) groups excluding carboxylic acids is 1. The summed E-state index contributed by atoms with van der Waals surface area (Å²) in [6.07, 6.45) is 2.85. The van der Waals surface area contributed by atoms with Crippen LogP contribution in [0.4, 0.5) is 0 Å². The summed E-state index contributed by atoms with van der Waals surface area (Å²) in [6, 6.07) is 3.10. The Morgan fingerprint density at radius 1 is 1.42 bits per heavy atom. The molecule has 0 aromatic carbocycles. The minimum atomic E-state index is -0.291. The van der Waals surface area contributed by atoms with Crippen LogP contribution >= 0.6 is 0 Å². The molecule has 2 heterocycles. The van der Waals surface area contributed by atoms with Gasteiger partial charge in [0, 0.05) is 18.7 Å². The van der Waals surface area contributed by atoms with E-state index in [9.17, 15) is 9.59 Å². The number of aromatic amines is 1. The fraction of sp³-hybridized carbons (Fsp3) is 0.615. The third-order valence-electron chi connectivity index (χ3n) is 3.37. The van der Waals surface area contributed by atoms with Crippen LogP contribution in [-0.4, -0.2) is 46.7 Å². The summed E-state index contributed by atoms with van der Waals surface area (Å²) in [4.78, 5) is 25.3. The fourth-order valence-corrected chi connectivity index (χ4v) is 2.42. The van der Waals surface area contributed by atoms with Crippen molar-refractivity contribution in [2.24, 2.45) is 0 Å². The number of hydrogen-bond acceptors (Lipinski definition) is 4. The highest BCUT2D eigenvalue weighted by atomic mass is 16.2. The van der Waals surface area contributed by atoms with Gasteiger partial charge in [-0.15, -0.1) is 0 Å². The molecule has 0 saturated carbocycles. The number of nitrogens with zero attached hydrogens (tertiary/aromatic N) is 2. The summed E-state index contributed by atoms with van der Waals surface area (Å²) in [5.74, 6) is -0.0926. The quantitative estimate of drug-likeness (QED) is 0.824. The number of H-pyrrole nitrogens is 1. The van der Waals surface area contributed by atoms with E-state index < -0.39 is 0 Å². The summed E-state index contributed by atoms with van der Waals surface area (Å²) in [6.45, 7) is 4.67. The van der Waals surface area contributed by atoms with Gasteiger partial charge in [-0.25, -0.2) is 5.10 Å². The molecule has 1 fully saturated rings. The Hall–Kier alpha value is -1.69. The van der Waals surface area contributed by atoms with Crippen molar-refractivity contribution in [1.29, 1.82) is 0 Å². The highest BCUT2D eigenvalue weighted by molar-refractivity contribution is 5.92. The molecule has 19 heavy (non-hydrogen) atoms. The largest absolute Gasteiger partial charge is 0.334 e. The molecule has 0 atom stereocenters. The smallest absolute Gasteiger partial charge is 0.274 e. The van der Waals surface area contributed by atoms with E-state index in [4.69, 9.17) is 0 Å². The molecule has 2 N–H and O–H groups in total. The normalized spacial score (nSPS) is 16.3. The third kappa shape index (κ3) is 3.41. The van der Waals surface area contributed by atoms with Crippen LogP contribution in [0.3, 0.4) is 0 Å². The second kappa shape index (κ2) is 6.47. The summed E-state index contributed by atoms with van der Waals surface area (Å²) in [5, 5.41) is 9.44. The molecular formula is C13H20N4O2. The molecule has 0 bridgehead atoms. The van der Waals surface area contributed by atoms with Gasteiger partial charge in [-0.1, -0.05) is 6.92 Å². The van der Waals surface area contributed by atoms with Gasteiger partial charge in [-0.2, -0.15) is 5.10 Å². The van der Waals surface area contributed by atoms with Gasteiger partial charge in [0.1, 0.15) is 5.69 Å². The van der Waals surface area contributed by atoms with Gasteiger partial charge in [-0.05, 0) is 38.4 Å². The van der Waals surface area contributed by atoms with Crippen molar-refractivity contribution >= 4 is 5.91 Å². The average molecular weight is 264 g/mol. The van der Waals surface area contributed by atoms with Gasteiger partial charge >= 0.3 is 0 Å². The lowest BCUT2D eigenvalue weighted by atomic mass is 10.0. The molecule has 1 aliphatic heterocycles. The van der Waals surface area contributed by atoms with Crippen LogP contribution in [0.5, 0.6) is 0 Å². The third-order valence-corrected chi connectivity index (χ3v) is 3.37. The van der Waals surface area contributed by atoms with E-state index in [1.54, 1.807) is 0 Å². The molecule has 6 heteroatoms. The molecule has 1 aromatic heterocycles. The minimum Gasteiger partial charge on any atom is -0.334 e. The maximum Gasteiger partial charge on any atom is 0.274 e. The van der Waals surface area contributed by atoms with E-state index in [0.29, 0.717) is 5.69 Å². The molecule has 0 spiro atoms. The van der Waals surface area contributed by atoms with Crippen molar-refractivity contribution in [3.05, 3.63) is 28.2 Å². The van der Waals surface area contributed by atoms with E-state index in [1.165, 1.54) is 12.1 Å². The zero-order valence-corrected chi connectivity index (χ0v) is 11.2. The number of amides is 1. The Kier molecular flexibility index (Phi) is 4.68. The summed E-state index contributed by atoms with van der Waals surface area (Å²) in [5.41, 5.74) is 0.0204. The monoisotopic (exact) mass is 264 g/mol. The molecule has 1 aliphatic rings. The van der Waals surface area contributed by atoms with Gasteiger partial charge < -0.3 is 10.2 Å². The Balaban J connectivity index is 2.15. The molecule has 1 aromatic rings. The average Bonchev–Trinajstić information content (AvgIpc) is 2.46. The van der Waals surface area contributed by atoms with E-state index in [2.05, 4.69) is 22.4 Å². The molecule has 0 unspecified atom stereocenters. The van der Waals surface area contributed by atoms with E-state index >= 15 is 0 Å². The predicted molar refractivity (Wildman–Crippen MR) is 72.1 cm³/mol. The molecule has 6 nitrogen and oxygen atoms in total. The Labute approximate surface area is 112 Å². The Morgan fingerprint density at radius 2 is 2.16 bits per heavy atom. The maximum atomic E-state index is 12.5. The van der Waals surface area contributed by atoms with Crippen molar-refractivity contribution in [2.45, 2.75) is 32.2 Å². The lowest BCUT2D eigenvalue weighted by molar-refractivity contribution is 0.0635. The standard InChI is InChI=1S/C13H20N4O2/c1-2-9-17(10-5-7-14-8-6-10)13(19)11-3-4-12(18)16-15-11/h3-4,10,14H,2,5-9H2,1H3,(H,16,18). The second-order valence-electron chi connectivity index (χ2n) is 4.79. The van der Waals surface area contributed by atoms with Crippen molar-refractivity contribution < 1.29 is 4.79 Å². The summed E-state index contributed by atoms with van der Waals surface area (Å²) >= 11 is 0. The first kappa shape index (κ1) is 13.7. The molecule has 0 aliphatic carbocycles. The first-order valence-corrected chi connectivity index (χ1v) is 6.79. The minimum absolute atomic E-state index is 0.0926. The summed E-state index contributed by atoms with van der Waals surface area (Å²) < 4.78 is 0. The van der Waals surface area contributed by atoms with Crippen LogP contribution in [0.25, 0.3) is 0 Å². The number of aromatic nitrogens is 2.